The second-order valence-corrected chi connectivity index (χ2v) is 10.4. The Hall–Kier alpha value is -2.94. The number of nitrogens with zero attached hydrogens (tertiary/aromatic N) is 1. The molecule has 2 saturated heterocycles. The summed E-state index contributed by atoms with van der Waals surface area (Å²) in [5.74, 6) is 0.0659. The van der Waals surface area contributed by atoms with Crippen LogP contribution in [0.4, 0.5) is 0 Å². The fraction of sp³-hybridized carbons (Fsp3) is 0.448. The van der Waals surface area contributed by atoms with Gasteiger partial charge in [-0.1, -0.05) is 42.8 Å². The number of carbonyl (C=O) groups is 2. The van der Waals surface area contributed by atoms with Gasteiger partial charge in [0.1, 0.15) is 18.1 Å². The molecule has 2 amide bonds. The predicted octanol–water partition coefficient (Wildman–Crippen LogP) is 4.32. The maximum atomic E-state index is 13.3. The van der Waals surface area contributed by atoms with Crippen molar-refractivity contribution in [2.45, 2.75) is 58.6 Å². The van der Waals surface area contributed by atoms with E-state index < -0.39 is 13.0 Å². The summed E-state index contributed by atoms with van der Waals surface area (Å²) in [6.45, 7) is 4.30. The second-order valence-electron chi connectivity index (χ2n) is 10.4. The molecule has 1 aliphatic carbocycles. The van der Waals surface area contributed by atoms with Gasteiger partial charge in [0, 0.05) is 6.54 Å². The molecule has 2 aromatic rings. The van der Waals surface area contributed by atoms with Crippen LogP contribution in [0.1, 0.15) is 56.6 Å². The van der Waals surface area contributed by atoms with Crippen LogP contribution in [0.3, 0.4) is 0 Å². The van der Waals surface area contributed by atoms with Crippen molar-refractivity contribution >= 4 is 30.6 Å². The van der Waals surface area contributed by atoms with Crippen molar-refractivity contribution in [2.75, 3.05) is 6.54 Å². The maximum absolute atomic E-state index is 13.3. The summed E-state index contributed by atoms with van der Waals surface area (Å²) < 4.78 is 11.8. The molecule has 7 nitrogen and oxygen atoms in total. The van der Waals surface area contributed by atoms with Gasteiger partial charge in [-0.15, -0.1) is 0 Å². The summed E-state index contributed by atoms with van der Waals surface area (Å²) in [5, 5.41) is 20.1. The van der Waals surface area contributed by atoms with Crippen molar-refractivity contribution in [3.8, 4) is 0 Å². The number of fused-ring (bicyclic) bond motifs is 3. The number of aliphatic hydroxyl groups excluding tert-OH is 1. The normalized spacial score (nSPS) is 26.1. The topological polar surface area (TPSA) is 100 Å². The molecule has 2 N–H and O–H groups in total. The summed E-state index contributed by atoms with van der Waals surface area (Å²) >= 11 is 0. The average Bonchev–Trinajstić information content (AvgIpc) is 3.45. The zero-order valence-corrected chi connectivity index (χ0v) is 21.4. The summed E-state index contributed by atoms with van der Waals surface area (Å²) in [6.07, 6.45) is 4.55. The zero-order chi connectivity index (χ0) is 26.1. The fourth-order valence-corrected chi connectivity index (χ4v) is 6.40. The first-order valence-corrected chi connectivity index (χ1v) is 13.2. The third-order valence-corrected chi connectivity index (χ3v) is 7.97. The Kier molecular flexibility index (Phi) is 7.51. The number of imide groups is 1. The molecular weight excluding hydrogens is 469 g/mol. The van der Waals surface area contributed by atoms with E-state index in [0.29, 0.717) is 43.6 Å². The van der Waals surface area contributed by atoms with E-state index >= 15 is 0 Å². The molecular formula is C29H34BNO6. The number of hydrogen-bond donors (Lipinski definition) is 2. The molecule has 2 fully saturated rings. The van der Waals surface area contributed by atoms with Crippen molar-refractivity contribution in [3.63, 3.8) is 0 Å². The number of hydrogen-bond acceptors (Lipinski definition) is 6. The number of rotatable bonds is 8. The van der Waals surface area contributed by atoms with Crippen molar-refractivity contribution in [3.05, 3.63) is 70.7 Å². The van der Waals surface area contributed by atoms with Crippen LogP contribution >= 0.6 is 0 Å². The van der Waals surface area contributed by atoms with Crippen LogP contribution in [-0.2, 0) is 20.9 Å². The zero-order valence-electron chi connectivity index (χ0n) is 21.4. The number of aliphatic hydroxyl groups is 1. The molecule has 1 aromatic heterocycles. The number of amides is 2. The number of likely N-dealkylation sites (tertiary alicyclic amines) is 1. The van der Waals surface area contributed by atoms with Gasteiger partial charge in [-0.25, -0.2) is 0 Å². The first-order chi connectivity index (χ1) is 17.9. The first kappa shape index (κ1) is 25.7. The lowest BCUT2D eigenvalue weighted by Crippen LogP contribution is -2.46. The largest absolute Gasteiger partial charge is 0.459 e. The summed E-state index contributed by atoms with van der Waals surface area (Å²) in [6, 6.07) is 13.6. The van der Waals surface area contributed by atoms with Crippen molar-refractivity contribution in [1.82, 2.24) is 4.90 Å². The van der Waals surface area contributed by atoms with E-state index in [0.717, 1.165) is 28.7 Å². The molecule has 194 valence electrons. The Labute approximate surface area is 217 Å². The highest BCUT2D eigenvalue weighted by Gasteiger charge is 2.56. The van der Waals surface area contributed by atoms with E-state index in [4.69, 9.17) is 9.07 Å². The molecule has 4 atom stereocenters. The lowest BCUT2D eigenvalue weighted by Gasteiger charge is -2.42. The molecule has 3 aliphatic rings. The molecule has 0 spiro atoms. The van der Waals surface area contributed by atoms with Crippen LogP contribution in [-0.4, -0.2) is 46.6 Å². The predicted molar refractivity (Wildman–Crippen MR) is 141 cm³/mol. The minimum atomic E-state index is -0.977. The Morgan fingerprint density at radius 2 is 1.92 bits per heavy atom. The van der Waals surface area contributed by atoms with E-state index in [2.05, 4.69) is 0 Å². The third-order valence-electron chi connectivity index (χ3n) is 7.97. The summed E-state index contributed by atoms with van der Waals surface area (Å²) in [7, 11) is -0.977. The number of carbonyl (C=O) groups excluding carboxylic acids is 2. The highest BCUT2D eigenvalue weighted by atomic mass is 16.5. The maximum Gasteiger partial charge on any atom is 0.455 e. The highest BCUT2D eigenvalue weighted by molar-refractivity contribution is 6.43. The molecule has 5 rings (SSSR count). The van der Waals surface area contributed by atoms with Gasteiger partial charge in [-0.3, -0.25) is 14.5 Å². The van der Waals surface area contributed by atoms with E-state index in [9.17, 15) is 19.7 Å². The molecule has 3 heterocycles. The highest BCUT2D eigenvalue weighted by Crippen LogP contribution is 2.50. The van der Waals surface area contributed by atoms with Gasteiger partial charge < -0.3 is 19.2 Å². The summed E-state index contributed by atoms with van der Waals surface area (Å²) in [5.41, 5.74) is 4.29. The third kappa shape index (κ3) is 4.98. The van der Waals surface area contributed by atoms with E-state index in [-0.39, 0.29) is 36.4 Å². The summed E-state index contributed by atoms with van der Waals surface area (Å²) in [4.78, 5) is 27.8. The van der Waals surface area contributed by atoms with E-state index in [1.54, 1.807) is 6.07 Å². The van der Waals surface area contributed by atoms with E-state index in [1.165, 1.54) is 4.90 Å². The Bertz CT molecular complexity index is 1220. The first-order valence-electron chi connectivity index (χ1n) is 13.2. The van der Waals surface area contributed by atoms with Gasteiger partial charge in [-0.2, -0.15) is 0 Å². The Morgan fingerprint density at radius 3 is 2.62 bits per heavy atom. The molecule has 0 saturated carbocycles. The van der Waals surface area contributed by atoms with Crippen LogP contribution in [0.5, 0.6) is 0 Å². The van der Waals surface area contributed by atoms with E-state index in [1.807, 2.05) is 56.3 Å². The molecule has 1 aromatic carbocycles. The number of benzene rings is 1. The SMILES string of the molecule is CCCN1C(=O)[C@@H]2[C@@H](CC(C)=C3[C@@H](CC/C(=C/c4ccc(CO)o4)c4ccccc4)OB(O)C[C@@H]32)C1=O. The number of furan rings is 1. The standard InChI is InChI=1S/C29H34BNO6/c1-3-13-31-28(33)23-14-18(2)26-24(27(23)29(31)34)16-30(35)37-25(26)12-9-20(19-7-5-4-6-8-19)15-21-10-11-22(17-32)36-21/h4-8,10-11,15,23-25,27,32,35H,3,9,12-14,16-17H2,1-2H3/b20-15-/t23-,24+,25-,27-/m1/s1. The average molecular weight is 503 g/mol. The molecule has 0 radical (unpaired) electrons. The quantitative estimate of drug-likeness (QED) is 0.316. The van der Waals surface area contributed by atoms with Crippen LogP contribution in [0.2, 0.25) is 6.32 Å². The van der Waals surface area contributed by atoms with Gasteiger partial charge in [0.05, 0.1) is 17.9 Å². The van der Waals surface area contributed by atoms with Crippen molar-refractivity contribution in [2.24, 2.45) is 17.8 Å². The van der Waals surface area contributed by atoms with Crippen LogP contribution in [0, 0.1) is 17.8 Å². The molecule has 37 heavy (non-hydrogen) atoms. The minimum absolute atomic E-state index is 0.0669. The number of allylic oxidation sites excluding steroid dienone is 2. The van der Waals surface area contributed by atoms with Gasteiger partial charge in [0.25, 0.3) is 0 Å². The fourth-order valence-electron chi connectivity index (χ4n) is 6.40. The van der Waals surface area contributed by atoms with Crippen molar-refractivity contribution < 1.29 is 28.8 Å². The lowest BCUT2D eigenvalue weighted by molar-refractivity contribution is -0.140. The van der Waals surface area contributed by atoms with Crippen LogP contribution < -0.4 is 0 Å². The molecule has 0 unspecified atom stereocenters. The Morgan fingerprint density at radius 1 is 1.14 bits per heavy atom. The van der Waals surface area contributed by atoms with Crippen LogP contribution in [0.25, 0.3) is 11.6 Å². The lowest BCUT2D eigenvalue weighted by atomic mass is 9.58. The monoisotopic (exact) mass is 503 g/mol. The minimum Gasteiger partial charge on any atom is -0.459 e. The molecule has 2 aliphatic heterocycles. The van der Waals surface area contributed by atoms with Gasteiger partial charge in [0.15, 0.2) is 0 Å². The smallest absolute Gasteiger partial charge is 0.455 e. The van der Waals surface area contributed by atoms with Gasteiger partial charge >= 0.3 is 7.12 Å². The Balaban J connectivity index is 1.42. The molecule has 0 bridgehead atoms. The second kappa shape index (κ2) is 10.8. The van der Waals surface area contributed by atoms with Gasteiger partial charge in [0.2, 0.25) is 11.8 Å². The van der Waals surface area contributed by atoms with Gasteiger partial charge in [-0.05, 0) is 79.8 Å². The van der Waals surface area contributed by atoms with Crippen LogP contribution in [0.15, 0.2) is 58.0 Å². The van der Waals surface area contributed by atoms with Crippen molar-refractivity contribution in [1.29, 1.82) is 0 Å². The molecule has 8 heteroatoms.